The maximum atomic E-state index is 12.3. The number of hydrogen-bond acceptors (Lipinski definition) is 5. The third kappa shape index (κ3) is 4.10. The molecular weight excluding hydrogens is 419 g/mol. The fourth-order valence-electron chi connectivity index (χ4n) is 2.72. The maximum absolute atomic E-state index is 12.3. The summed E-state index contributed by atoms with van der Waals surface area (Å²) in [6.07, 6.45) is 6.87. The van der Waals surface area contributed by atoms with E-state index >= 15 is 0 Å². The number of rotatable bonds is 3. The van der Waals surface area contributed by atoms with Crippen LogP contribution in [0.15, 0.2) is 30.7 Å². The molecular formula is C16H19IN6O. The number of aromatic nitrogens is 3. The Morgan fingerprint density at radius 3 is 2.83 bits per heavy atom. The predicted molar refractivity (Wildman–Crippen MR) is 100 cm³/mol. The Labute approximate surface area is 157 Å². The van der Waals surface area contributed by atoms with Crippen molar-refractivity contribution in [2.45, 2.75) is 18.9 Å². The van der Waals surface area contributed by atoms with Gasteiger partial charge in [0.15, 0.2) is 5.82 Å². The average molecular weight is 438 g/mol. The average Bonchev–Trinajstić information content (AvgIpc) is 3.04. The molecule has 7 nitrogen and oxygen atoms in total. The zero-order valence-corrected chi connectivity index (χ0v) is 15.7. The van der Waals surface area contributed by atoms with Crippen LogP contribution in [0.4, 0.5) is 5.82 Å². The summed E-state index contributed by atoms with van der Waals surface area (Å²) in [6, 6.07) is 5.65. The van der Waals surface area contributed by atoms with Crippen LogP contribution in [0, 0.1) is 11.3 Å². The number of anilines is 1. The van der Waals surface area contributed by atoms with Crippen molar-refractivity contribution in [3.05, 3.63) is 41.9 Å². The lowest BCUT2D eigenvalue weighted by Gasteiger charge is -2.28. The van der Waals surface area contributed by atoms with Gasteiger partial charge < -0.3 is 10.2 Å². The van der Waals surface area contributed by atoms with E-state index in [1.165, 1.54) is 18.5 Å². The van der Waals surface area contributed by atoms with Crippen molar-refractivity contribution < 1.29 is 4.79 Å². The summed E-state index contributed by atoms with van der Waals surface area (Å²) in [6.45, 7) is 2.10. The Hall–Kier alpha value is -1.99. The Kier molecular flexibility index (Phi) is 6.28. The number of nitrogens with one attached hydrogen (secondary N) is 1. The van der Waals surface area contributed by atoms with Crippen LogP contribution in [0.3, 0.4) is 0 Å². The van der Waals surface area contributed by atoms with E-state index in [1.54, 1.807) is 6.07 Å². The van der Waals surface area contributed by atoms with Gasteiger partial charge in [0.1, 0.15) is 6.07 Å². The molecule has 126 valence electrons. The van der Waals surface area contributed by atoms with Crippen LogP contribution in [-0.2, 0) is 0 Å². The normalized spacial score (nSPS) is 15.3. The number of carbonyl (C=O) groups is 1. The van der Waals surface area contributed by atoms with Crippen molar-refractivity contribution in [2.75, 3.05) is 25.5 Å². The van der Waals surface area contributed by atoms with Crippen LogP contribution in [0.25, 0.3) is 0 Å². The molecule has 8 heteroatoms. The van der Waals surface area contributed by atoms with Crippen molar-refractivity contribution in [1.82, 2.24) is 19.7 Å². The van der Waals surface area contributed by atoms with Gasteiger partial charge in [-0.15, -0.1) is 24.0 Å². The van der Waals surface area contributed by atoms with Crippen LogP contribution in [0.2, 0.25) is 0 Å². The highest BCUT2D eigenvalue weighted by molar-refractivity contribution is 14.0. The Morgan fingerprint density at radius 2 is 2.12 bits per heavy atom. The second-order valence-corrected chi connectivity index (χ2v) is 5.70. The molecule has 24 heavy (non-hydrogen) atoms. The number of hydrogen-bond donors (Lipinski definition) is 1. The summed E-state index contributed by atoms with van der Waals surface area (Å²) in [5, 5.41) is 16.2. The summed E-state index contributed by atoms with van der Waals surface area (Å²) in [7, 11) is 2.12. The molecule has 1 saturated heterocycles. The van der Waals surface area contributed by atoms with Crippen LogP contribution in [-0.4, -0.2) is 45.7 Å². The Bertz CT molecular complexity index is 745. The quantitative estimate of drug-likeness (QED) is 0.744. The van der Waals surface area contributed by atoms with E-state index in [0.717, 1.165) is 25.9 Å². The molecule has 2 aromatic rings. The molecule has 3 heterocycles. The van der Waals surface area contributed by atoms with Crippen LogP contribution >= 0.6 is 24.0 Å². The first-order chi connectivity index (χ1) is 11.2. The number of nitrogens with zero attached hydrogens (tertiary/aromatic N) is 5. The smallest absolute Gasteiger partial charge is 0.259 e. The van der Waals surface area contributed by atoms with Crippen molar-refractivity contribution in [3.8, 4) is 6.07 Å². The molecule has 0 saturated carbocycles. The fraction of sp³-hybridized carbons (Fsp3) is 0.375. The summed E-state index contributed by atoms with van der Waals surface area (Å²) in [5.41, 5.74) is 0.552. The Balaban J connectivity index is 0.00000208. The highest BCUT2D eigenvalue weighted by Crippen LogP contribution is 2.22. The van der Waals surface area contributed by atoms with Crippen LogP contribution in [0.1, 0.15) is 34.8 Å². The van der Waals surface area contributed by atoms with Crippen LogP contribution in [0.5, 0.6) is 0 Å². The molecule has 1 aliphatic rings. The number of pyridine rings is 1. The van der Waals surface area contributed by atoms with E-state index < -0.39 is 0 Å². The third-order valence-corrected chi connectivity index (χ3v) is 4.10. The van der Waals surface area contributed by atoms with E-state index in [2.05, 4.69) is 27.3 Å². The van der Waals surface area contributed by atoms with Crippen molar-refractivity contribution in [2.24, 2.45) is 0 Å². The first-order valence-corrected chi connectivity index (χ1v) is 7.56. The predicted octanol–water partition coefficient (Wildman–Crippen LogP) is 2.29. The summed E-state index contributed by atoms with van der Waals surface area (Å²) in [5.74, 6) is 0.116. The molecule has 0 atom stereocenters. The molecule has 1 N–H and O–H groups in total. The zero-order valence-electron chi connectivity index (χ0n) is 13.3. The molecule has 0 bridgehead atoms. The monoisotopic (exact) mass is 438 g/mol. The molecule has 1 amide bonds. The van der Waals surface area contributed by atoms with Crippen molar-refractivity contribution in [1.29, 1.82) is 5.26 Å². The minimum Gasteiger partial charge on any atom is -0.306 e. The number of likely N-dealkylation sites (tertiary alicyclic amines) is 1. The molecule has 0 spiro atoms. The highest BCUT2D eigenvalue weighted by Gasteiger charge is 2.19. The van der Waals surface area contributed by atoms with Gasteiger partial charge in [-0.25, -0.2) is 0 Å². The van der Waals surface area contributed by atoms with Gasteiger partial charge in [-0.05, 0) is 39.0 Å². The number of carbonyl (C=O) groups excluding carboxylic acids is 1. The lowest BCUT2D eigenvalue weighted by Crippen LogP contribution is -2.31. The second-order valence-electron chi connectivity index (χ2n) is 5.70. The first kappa shape index (κ1) is 18.4. The maximum Gasteiger partial charge on any atom is 0.259 e. The van der Waals surface area contributed by atoms with Gasteiger partial charge in [0.05, 0.1) is 17.2 Å². The van der Waals surface area contributed by atoms with Gasteiger partial charge in [0.2, 0.25) is 0 Å². The van der Waals surface area contributed by atoms with Gasteiger partial charge in [-0.3, -0.25) is 14.5 Å². The number of halogens is 1. The van der Waals surface area contributed by atoms with E-state index in [1.807, 2.05) is 16.9 Å². The number of amides is 1. The zero-order chi connectivity index (χ0) is 16.2. The van der Waals surface area contributed by atoms with Gasteiger partial charge in [0, 0.05) is 24.7 Å². The molecule has 0 radical (unpaired) electrons. The summed E-state index contributed by atoms with van der Waals surface area (Å²) >= 11 is 0. The number of nitriles is 1. The van der Waals surface area contributed by atoms with Gasteiger partial charge in [0.25, 0.3) is 5.91 Å². The molecule has 1 aliphatic heterocycles. The Morgan fingerprint density at radius 1 is 1.38 bits per heavy atom. The highest BCUT2D eigenvalue weighted by atomic mass is 127. The van der Waals surface area contributed by atoms with Gasteiger partial charge >= 0.3 is 0 Å². The van der Waals surface area contributed by atoms with E-state index in [0.29, 0.717) is 17.4 Å². The summed E-state index contributed by atoms with van der Waals surface area (Å²) in [4.78, 5) is 18.5. The van der Waals surface area contributed by atoms with E-state index in [-0.39, 0.29) is 35.4 Å². The molecule has 0 aromatic carbocycles. The molecule has 1 fully saturated rings. The van der Waals surface area contributed by atoms with Crippen LogP contribution < -0.4 is 5.32 Å². The third-order valence-electron chi connectivity index (χ3n) is 4.10. The standard InChI is InChI=1S/C16H18N6O.HI/c1-21-7-3-13(4-8-21)22-9-5-15(20-22)19-16(23)14-11-18-6-2-12(14)10-17;/h2,5-6,9,11,13H,3-4,7-8H2,1H3,(H,19,20,23);1H. The first-order valence-electron chi connectivity index (χ1n) is 7.56. The SMILES string of the molecule is CN1CCC(n2ccc(NC(=O)c3cnccc3C#N)n2)CC1.I. The molecule has 3 rings (SSSR count). The lowest BCUT2D eigenvalue weighted by atomic mass is 10.1. The van der Waals surface area contributed by atoms with Crippen molar-refractivity contribution in [3.63, 3.8) is 0 Å². The van der Waals surface area contributed by atoms with Gasteiger partial charge in [-0.2, -0.15) is 10.4 Å². The molecule has 0 unspecified atom stereocenters. The van der Waals surface area contributed by atoms with E-state index in [4.69, 9.17) is 5.26 Å². The van der Waals surface area contributed by atoms with E-state index in [9.17, 15) is 4.79 Å². The molecule has 2 aromatic heterocycles. The number of piperidine rings is 1. The minimum atomic E-state index is -0.372. The summed E-state index contributed by atoms with van der Waals surface area (Å²) < 4.78 is 1.91. The largest absolute Gasteiger partial charge is 0.306 e. The topological polar surface area (TPSA) is 86.8 Å². The van der Waals surface area contributed by atoms with Gasteiger partial charge in [-0.1, -0.05) is 0 Å². The second kappa shape index (κ2) is 8.21. The minimum absolute atomic E-state index is 0. The van der Waals surface area contributed by atoms with Crippen molar-refractivity contribution >= 4 is 35.7 Å². The lowest BCUT2D eigenvalue weighted by molar-refractivity contribution is 0.102. The molecule has 0 aliphatic carbocycles. The fourth-order valence-corrected chi connectivity index (χ4v) is 2.72.